The fraction of sp³-hybridized carbons (Fsp3) is 0.316. The Bertz CT molecular complexity index is 880. The van der Waals surface area contributed by atoms with Crippen LogP contribution < -0.4 is 5.32 Å². The van der Waals surface area contributed by atoms with Gasteiger partial charge in [-0.3, -0.25) is 4.79 Å². The summed E-state index contributed by atoms with van der Waals surface area (Å²) in [5.41, 5.74) is 1.79. The molecule has 1 N–H and O–H groups in total. The zero-order valence-electron chi connectivity index (χ0n) is 14.5. The highest BCUT2D eigenvalue weighted by atomic mass is 32.2. The first-order valence-electron chi connectivity index (χ1n) is 8.49. The van der Waals surface area contributed by atoms with Crippen molar-refractivity contribution >= 4 is 21.6 Å². The lowest BCUT2D eigenvalue weighted by Crippen LogP contribution is -2.43. The van der Waals surface area contributed by atoms with Crippen LogP contribution in [0.15, 0.2) is 53.4 Å². The molecule has 1 amide bonds. The fourth-order valence-corrected chi connectivity index (χ4v) is 4.54. The zero-order valence-corrected chi connectivity index (χ0v) is 15.3. The topological polar surface area (TPSA) is 66.5 Å². The van der Waals surface area contributed by atoms with Crippen molar-refractivity contribution in [3.05, 3.63) is 59.9 Å². The van der Waals surface area contributed by atoms with E-state index >= 15 is 0 Å². The largest absolute Gasteiger partial charge is 0.326 e. The van der Waals surface area contributed by atoms with Crippen molar-refractivity contribution in [3.63, 3.8) is 0 Å². The number of carbonyl (C=O) groups excluding carboxylic acids is 1. The average Bonchev–Trinajstić information content (AvgIpc) is 2.64. The van der Waals surface area contributed by atoms with Crippen molar-refractivity contribution in [2.75, 3.05) is 18.4 Å². The third-order valence-electron chi connectivity index (χ3n) is 4.53. The average molecular weight is 376 g/mol. The molecule has 0 aliphatic carbocycles. The predicted octanol–water partition coefficient (Wildman–Crippen LogP) is 3.17. The molecular weight excluding hydrogens is 355 g/mol. The van der Waals surface area contributed by atoms with Crippen LogP contribution in [0, 0.1) is 18.7 Å². The predicted molar refractivity (Wildman–Crippen MR) is 97.7 cm³/mol. The maximum atomic E-state index is 13.1. The van der Waals surface area contributed by atoms with E-state index in [-0.39, 0.29) is 17.3 Å². The SMILES string of the molecule is Cc1ccc(NC(=O)[C@H]2CCCN(S(=O)(=O)c3ccc(F)cc3)C2)cc1. The summed E-state index contributed by atoms with van der Waals surface area (Å²) in [4.78, 5) is 12.6. The Morgan fingerprint density at radius 3 is 2.42 bits per heavy atom. The molecule has 3 rings (SSSR count). The van der Waals surface area contributed by atoms with Crippen molar-refractivity contribution in [3.8, 4) is 0 Å². The molecule has 0 aromatic heterocycles. The van der Waals surface area contributed by atoms with Crippen molar-refractivity contribution < 1.29 is 17.6 Å². The number of aryl methyl sites for hydroxylation is 1. The minimum atomic E-state index is -3.74. The maximum absolute atomic E-state index is 13.1. The van der Waals surface area contributed by atoms with Crippen LogP contribution in [0.3, 0.4) is 0 Å². The molecule has 1 saturated heterocycles. The lowest BCUT2D eigenvalue weighted by Gasteiger charge is -2.31. The van der Waals surface area contributed by atoms with Gasteiger partial charge in [-0.15, -0.1) is 0 Å². The lowest BCUT2D eigenvalue weighted by atomic mass is 9.98. The van der Waals surface area contributed by atoms with E-state index in [1.54, 1.807) is 0 Å². The van der Waals surface area contributed by atoms with Crippen LogP contribution in [0.4, 0.5) is 10.1 Å². The number of halogens is 1. The Kier molecular flexibility index (Phi) is 5.38. The molecule has 7 heteroatoms. The van der Waals surface area contributed by atoms with Gasteiger partial charge in [-0.2, -0.15) is 4.31 Å². The number of piperidine rings is 1. The number of benzene rings is 2. The number of anilines is 1. The van der Waals surface area contributed by atoms with Crippen LogP contribution in [-0.2, 0) is 14.8 Å². The molecule has 1 atom stereocenters. The second-order valence-electron chi connectivity index (χ2n) is 6.51. The first-order chi connectivity index (χ1) is 12.4. The fourth-order valence-electron chi connectivity index (χ4n) is 3.01. The van der Waals surface area contributed by atoms with Gasteiger partial charge >= 0.3 is 0 Å². The Hall–Kier alpha value is -2.25. The highest BCUT2D eigenvalue weighted by Gasteiger charge is 2.33. The van der Waals surface area contributed by atoms with Crippen molar-refractivity contribution in [2.24, 2.45) is 5.92 Å². The number of amides is 1. The molecule has 138 valence electrons. The maximum Gasteiger partial charge on any atom is 0.243 e. The summed E-state index contributed by atoms with van der Waals surface area (Å²) in [6.07, 6.45) is 1.24. The van der Waals surface area contributed by atoms with Gasteiger partial charge in [-0.25, -0.2) is 12.8 Å². The third-order valence-corrected chi connectivity index (χ3v) is 6.40. The highest BCUT2D eigenvalue weighted by molar-refractivity contribution is 7.89. The van der Waals surface area contributed by atoms with E-state index in [9.17, 15) is 17.6 Å². The van der Waals surface area contributed by atoms with Crippen molar-refractivity contribution in [2.45, 2.75) is 24.7 Å². The monoisotopic (exact) mass is 376 g/mol. The van der Waals surface area contributed by atoms with Crippen LogP contribution >= 0.6 is 0 Å². The molecule has 1 heterocycles. The number of nitrogens with one attached hydrogen (secondary N) is 1. The Balaban J connectivity index is 1.71. The smallest absolute Gasteiger partial charge is 0.243 e. The highest BCUT2D eigenvalue weighted by Crippen LogP contribution is 2.25. The number of hydrogen-bond donors (Lipinski definition) is 1. The molecule has 26 heavy (non-hydrogen) atoms. The summed E-state index contributed by atoms with van der Waals surface area (Å²) in [5, 5.41) is 2.85. The molecule has 5 nitrogen and oxygen atoms in total. The van der Waals surface area contributed by atoms with E-state index in [2.05, 4.69) is 5.32 Å². The summed E-state index contributed by atoms with van der Waals surface area (Å²) < 4.78 is 39.8. The lowest BCUT2D eigenvalue weighted by molar-refractivity contribution is -0.120. The second kappa shape index (κ2) is 7.55. The van der Waals surface area contributed by atoms with Gasteiger partial charge in [0.05, 0.1) is 10.8 Å². The Morgan fingerprint density at radius 2 is 1.77 bits per heavy atom. The van der Waals surface area contributed by atoms with E-state index in [1.165, 1.54) is 16.4 Å². The first-order valence-corrected chi connectivity index (χ1v) is 9.93. The number of hydrogen-bond acceptors (Lipinski definition) is 3. The molecule has 1 fully saturated rings. The molecule has 0 bridgehead atoms. The summed E-state index contributed by atoms with van der Waals surface area (Å²) in [6, 6.07) is 12.2. The van der Waals surface area contributed by atoms with E-state index < -0.39 is 21.8 Å². The van der Waals surface area contributed by atoms with Gasteiger partial charge in [0.1, 0.15) is 5.82 Å². The van der Waals surface area contributed by atoms with E-state index in [4.69, 9.17) is 0 Å². The van der Waals surface area contributed by atoms with Gasteiger partial charge in [-0.05, 0) is 56.2 Å². The minimum Gasteiger partial charge on any atom is -0.326 e. The van der Waals surface area contributed by atoms with Gasteiger partial charge in [0.2, 0.25) is 15.9 Å². The number of carbonyl (C=O) groups is 1. The molecule has 2 aromatic rings. The van der Waals surface area contributed by atoms with Crippen molar-refractivity contribution in [1.29, 1.82) is 0 Å². The van der Waals surface area contributed by atoms with E-state index in [0.29, 0.717) is 25.1 Å². The zero-order chi connectivity index (χ0) is 18.7. The van der Waals surface area contributed by atoms with Gasteiger partial charge in [-0.1, -0.05) is 17.7 Å². The Morgan fingerprint density at radius 1 is 1.12 bits per heavy atom. The summed E-state index contributed by atoms with van der Waals surface area (Å²) in [7, 11) is -3.74. The molecule has 0 unspecified atom stereocenters. The standard InChI is InChI=1S/C19H21FN2O3S/c1-14-4-8-17(9-5-14)21-19(23)15-3-2-12-22(13-15)26(24,25)18-10-6-16(20)7-11-18/h4-11,15H,2-3,12-13H2,1H3,(H,21,23)/t15-/m0/s1. The summed E-state index contributed by atoms with van der Waals surface area (Å²) in [6.45, 7) is 2.44. The minimum absolute atomic E-state index is 0.0403. The number of sulfonamides is 1. The van der Waals surface area contributed by atoms with Gasteiger partial charge in [0.15, 0.2) is 0 Å². The molecule has 0 radical (unpaired) electrons. The summed E-state index contributed by atoms with van der Waals surface area (Å²) >= 11 is 0. The van der Waals surface area contributed by atoms with E-state index in [0.717, 1.165) is 17.7 Å². The molecular formula is C19H21FN2O3S. The normalized spacial score (nSPS) is 18.5. The Labute approximate surface area is 152 Å². The molecule has 2 aromatic carbocycles. The van der Waals surface area contributed by atoms with E-state index in [1.807, 2.05) is 31.2 Å². The van der Waals surface area contributed by atoms with Crippen LogP contribution in [-0.4, -0.2) is 31.7 Å². The van der Waals surface area contributed by atoms with Crippen LogP contribution in [0.25, 0.3) is 0 Å². The number of nitrogens with zero attached hydrogens (tertiary/aromatic N) is 1. The van der Waals surface area contributed by atoms with Gasteiger partial charge in [0.25, 0.3) is 0 Å². The molecule has 1 aliphatic heterocycles. The first kappa shape index (κ1) is 18.5. The summed E-state index contributed by atoms with van der Waals surface area (Å²) in [5.74, 6) is -1.09. The second-order valence-corrected chi connectivity index (χ2v) is 8.45. The quantitative estimate of drug-likeness (QED) is 0.891. The van der Waals surface area contributed by atoms with Crippen LogP contribution in [0.2, 0.25) is 0 Å². The molecule has 0 saturated carbocycles. The van der Waals surface area contributed by atoms with Gasteiger partial charge < -0.3 is 5.32 Å². The van der Waals surface area contributed by atoms with Crippen LogP contribution in [0.1, 0.15) is 18.4 Å². The van der Waals surface area contributed by atoms with Crippen molar-refractivity contribution in [1.82, 2.24) is 4.31 Å². The van der Waals surface area contributed by atoms with Gasteiger partial charge in [0, 0.05) is 18.8 Å². The number of rotatable bonds is 4. The third kappa shape index (κ3) is 4.11. The van der Waals surface area contributed by atoms with Crippen LogP contribution in [0.5, 0.6) is 0 Å². The molecule has 1 aliphatic rings. The molecule has 0 spiro atoms.